The molecule has 12 heavy (non-hydrogen) atoms. The number of aryl methyl sites for hydroxylation is 1. The molecule has 0 spiro atoms. The summed E-state index contributed by atoms with van der Waals surface area (Å²) in [4.78, 5) is 8.14. The standard InChI is InChI=1S/C9H12N2O/c1-7-5-10-8(11-6-7)12-9(2)3-4-9/h5-6H,3-4H2,1-2H3. The van der Waals surface area contributed by atoms with Gasteiger partial charge >= 0.3 is 6.01 Å². The van der Waals surface area contributed by atoms with E-state index < -0.39 is 0 Å². The van der Waals surface area contributed by atoms with Crippen LogP contribution in [-0.2, 0) is 0 Å². The summed E-state index contributed by atoms with van der Waals surface area (Å²) in [6.45, 7) is 4.04. The van der Waals surface area contributed by atoms with Crippen molar-refractivity contribution in [2.45, 2.75) is 32.3 Å². The van der Waals surface area contributed by atoms with Crippen LogP contribution in [0.15, 0.2) is 12.4 Å². The molecular weight excluding hydrogens is 152 g/mol. The minimum atomic E-state index is 0.0231. The Bertz CT molecular complexity index is 277. The van der Waals surface area contributed by atoms with Crippen LogP contribution in [0.3, 0.4) is 0 Å². The van der Waals surface area contributed by atoms with Crippen molar-refractivity contribution < 1.29 is 4.74 Å². The molecule has 1 fully saturated rings. The number of ether oxygens (including phenoxy) is 1. The van der Waals surface area contributed by atoms with E-state index in [9.17, 15) is 0 Å². The topological polar surface area (TPSA) is 35.0 Å². The molecule has 0 bridgehead atoms. The zero-order valence-electron chi connectivity index (χ0n) is 7.37. The fourth-order valence-electron chi connectivity index (χ4n) is 0.932. The quantitative estimate of drug-likeness (QED) is 0.667. The Kier molecular flexibility index (Phi) is 1.53. The molecule has 0 amide bonds. The molecule has 0 aromatic carbocycles. The van der Waals surface area contributed by atoms with Crippen LogP contribution in [0.2, 0.25) is 0 Å². The van der Waals surface area contributed by atoms with E-state index in [2.05, 4.69) is 16.9 Å². The number of aromatic nitrogens is 2. The maximum absolute atomic E-state index is 5.55. The molecule has 0 aliphatic heterocycles. The lowest BCUT2D eigenvalue weighted by Crippen LogP contribution is -2.13. The third-order valence-corrected chi connectivity index (χ3v) is 2.05. The van der Waals surface area contributed by atoms with Crippen LogP contribution in [0.25, 0.3) is 0 Å². The molecule has 0 radical (unpaired) electrons. The van der Waals surface area contributed by atoms with Crippen LogP contribution < -0.4 is 4.74 Å². The van der Waals surface area contributed by atoms with Gasteiger partial charge < -0.3 is 4.74 Å². The number of hydrogen-bond donors (Lipinski definition) is 0. The zero-order valence-corrected chi connectivity index (χ0v) is 7.37. The highest BCUT2D eigenvalue weighted by Crippen LogP contribution is 2.38. The van der Waals surface area contributed by atoms with Crippen molar-refractivity contribution in [1.82, 2.24) is 9.97 Å². The second-order valence-electron chi connectivity index (χ2n) is 3.59. The predicted octanol–water partition coefficient (Wildman–Crippen LogP) is 1.72. The van der Waals surface area contributed by atoms with E-state index in [0.29, 0.717) is 6.01 Å². The highest BCUT2D eigenvalue weighted by Gasteiger charge is 2.40. The Balaban J connectivity index is 2.08. The van der Waals surface area contributed by atoms with Crippen LogP contribution in [0, 0.1) is 6.92 Å². The summed E-state index contributed by atoms with van der Waals surface area (Å²) in [5, 5.41) is 0. The molecule has 1 heterocycles. The summed E-state index contributed by atoms with van der Waals surface area (Å²) < 4.78 is 5.55. The zero-order chi connectivity index (χ0) is 8.60. The Morgan fingerprint density at radius 3 is 2.42 bits per heavy atom. The van der Waals surface area contributed by atoms with Gasteiger partial charge in [0, 0.05) is 12.4 Å². The maximum atomic E-state index is 5.55. The monoisotopic (exact) mass is 164 g/mol. The van der Waals surface area contributed by atoms with E-state index >= 15 is 0 Å². The predicted molar refractivity (Wildman–Crippen MR) is 45.0 cm³/mol. The Morgan fingerprint density at radius 2 is 1.92 bits per heavy atom. The van der Waals surface area contributed by atoms with Crippen molar-refractivity contribution in [1.29, 1.82) is 0 Å². The molecule has 0 unspecified atom stereocenters. The summed E-state index contributed by atoms with van der Waals surface area (Å²) in [6.07, 6.45) is 5.77. The molecule has 3 heteroatoms. The first-order chi connectivity index (χ1) is 5.68. The molecule has 1 aromatic rings. The fraction of sp³-hybridized carbons (Fsp3) is 0.556. The van der Waals surface area contributed by atoms with Gasteiger partial charge in [-0.25, -0.2) is 9.97 Å². The highest BCUT2D eigenvalue weighted by molar-refractivity contribution is 5.07. The first-order valence-corrected chi connectivity index (χ1v) is 4.16. The third-order valence-electron chi connectivity index (χ3n) is 2.05. The summed E-state index contributed by atoms with van der Waals surface area (Å²) in [6, 6.07) is 0.501. The van der Waals surface area contributed by atoms with Gasteiger partial charge in [0.15, 0.2) is 0 Å². The van der Waals surface area contributed by atoms with Crippen molar-refractivity contribution in [3.63, 3.8) is 0 Å². The Hall–Kier alpha value is -1.12. The largest absolute Gasteiger partial charge is 0.457 e. The van der Waals surface area contributed by atoms with Crippen LogP contribution in [0.4, 0.5) is 0 Å². The first-order valence-electron chi connectivity index (χ1n) is 4.16. The Morgan fingerprint density at radius 1 is 1.33 bits per heavy atom. The normalized spacial score (nSPS) is 18.8. The summed E-state index contributed by atoms with van der Waals surface area (Å²) in [7, 11) is 0. The summed E-state index contributed by atoms with van der Waals surface area (Å²) in [5.74, 6) is 0. The lowest BCUT2D eigenvalue weighted by molar-refractivity contribution is 0.182. The van der Waals surface area contributed by atoms with Crippen molar-refractivity contribution >= 4 is 0 Å². The lowest BCUT2D eigenvalue weighted by Gasteiger charge is -2.09. The minimum Gasteiger partial charge on any atom is -0.457 e. The Labute approximate surface area is 71.8 Å². The molecule has 0 atom stereocenters. The van der Waals surface area contributed by atoms with Crippen LogP contribution in [-0.4, -0.2) is 15.6 Å². The van der Waals surface area contributed by atoms with Crippen LogP contribution in [0.5, 0.6) is 6.01 Å². The van der Waals surface area contributed by atoms with E-state index in [4.69, 9.17) is 4.74 Å². The molecule has 1 aromatic heterocycles. The van der Waals surface area contributed by atoms with Crippen LogP contribution in [0.1, 0.15) is 25.3 Å². The van der Waals surface area contributed by atoms with E-state index in [0.717, 1.165) is 18.4 Å². The number of nitrogens with zero attached hydrogens (tertiary/aromatic N) is 2. The van der Waals surface area contributed by atoms with Gasteiger partial charge in [-0.05, 0) is 32.3 Å². The average Bonchev–Trinajstić information content (AvgIpc) is 2.74. The molecule has 1 aliphatic rings. The van der Waals surface area contributed by atoms with Crippen LogP contribution >= 0.6 is 0 Å². The van der Waals surface area contributed by atoms with Crippen molar-refractivity contribution in [3.8, 4) is 6.01 Å². The second kappa shape index (κ2) is 2.44. The van der Waals surface area contributed by atoms with Gasteiger partial charge in [-0.3, -0.25) is 0 Å². The molecule has 2 rings (SSSR count). The van der Waals surface area contributed by atoms with Gasteiger partial charge in [0.2, 0.25) is 0 Å². The van der Waals surface area contributed by atoms with E-state index in [-0.39, 0.29) is 5.60 Å². The maximum Gasteiger partial charge on any atom is 0.316 e. The molecule has 3 nitrogen and oxygen atoms in total. The summed E-state index contributed by atoms with van der Waals surface area (Å²) in [5.41, 5.74) is 1.08. The van der Waals surface area contributed by atoms with Gasteiger partial charge in [-0.1, -0.05) is 0 Å². The molecule has 1 aliphatic carbocycles. The number of hydrogen-bond acceptors (Lipinski definition) is 3. The average molecular weight is 164 g/mol. The van der Waals surface area contributed by atoms with E-state index in [1.165, 1.54) is 0 Å². The van der Waals surface area contributed by atoms with E-state index in [1.807, 2.05) is 6.92 Å². The lowest BCUT2D eigenvalue weighted by atomic mass is 10.4. The molecule has 0 N–H and O–H groups in total. The molecular formula is C9H12N2O. The molecule has 0 saturated heterocycles. The van der Waals surface area contributed by atoms with Crippen molar-refractivity contribution in [2.24, 2.45) is 0 Å². The smallest absolute Gasteiger partial charge is 0.316 e. The molecule has 1 saturated carbocycles. The third kappa shape index (κ3) is 1.55. The van der Waals surface area contributed by atoms with E-state index in [1.54, 1.807) is 12.4 Å². The SMILES string of the molecule is Cc1cnc(OC2(C)CC2)nc1. The van der Waals surface area contributed by atoms with Gasteiger partial charge in [0.1, 0.15) is 5.60 Å². The van der Waals surface area contributed by atoms with Crippen molar-refractivity contribution in [3.05, 3.63) is 18.0 Å². The van der Waals surface area contributed by atoms with Gasteiger partial charge in [-0.2, -0.15) is 0 Å². The molecule has 64 valence electrons. The first kappa shape index (κ1) is 7.53. The number of rotatable bonds is 2. The van der Waals surface area contributed by atoms with Gasteiger partial charge in [0.25, 0.3) is 0 Å². The van der Waals surface area contributed by atoms with Gasteiger partial charge in [-0.15, -0.1) is 0 Å². The second-order valence-corrected chi connectivity index (χ2v) is 3.59. The fourth-order valence-corrected chi connectivity index (χ4v) is 0.932. The minimum absolute atomic E-state index is 0.0231. The van der Waals surface area contributed by atoms with Gasteiger partial charge in [0.05, 0.1) is 0 Å². The summed E-state index contributed by atoms with van der Waals surface area (Å²) >= 11 is 0. The van der Waals surface area contributed by atoms with Crippen molar-refractivity contribution in [2.75, 3.05) is 0 Å². The highest BCUT2D eigenvalue weighted by atomic mass is 16.5.